The lowest BCUT2D eigenvalue weighted by Crippen LogP contribution is -2.06. The van der Waals surface area contributed by atoms with Gasteiger partial charge in [-0.1, -0.05) is 30.7 Å². The third-order valence-corrected chi connectivity index (χ3v) is 4.12. The molecule has 0 radical (unpaired) electrons. The van der Waals surface area contributed by atoms with Crippen molar-refractivity contribution in [2.24, 2.45) is 0 Å². The molecule has 4 heteroatoms. The van der Waals surface area contributed by atoms with Crippen LogP contribution in [0.1, 0.15) is 18.1 Å². The molecule has 0 bridgehead atoms. The van der Waals surface area contributed by atoms with Crippen molar-refractivity contribution in [2.45, 2.75) is 19.6 Å². The SMILES string of the molecule is CCS(=O)(=O)Cc1ccc(C)c(Cl)c1. The van der Waals surface area contributed by atoms with Crippen LogP contribution in [0.25, 0.3) is 0 Å². The van der Waals surface area contributed by atoms with Crippen LogP contribution >= 0.6 is 11.6 Å². The minimum Gasteiger partial charge on any atom is -0.229 e. The van der Waals surface area contributed by atoms with Crippen LogP contribution in [0.5, 0.6) is 0 Å². The van der Waals surface area contributed by atoms with E-state index in [1.54, 1.807) is 19.1 Å². The Hall–Kier alpha value is -0.540. The van der Waals surface area contributed by atoms with Gasteiger partial charge in [0.25, 0.3) is 0 Å². The van der Waals surface area contributed by atoms with Gasteiger partial charge in [-0.2, -0.15) is 0 Å². The molecule has 0 aliphatic carbocycles. The van der Waals surface area contributed by atoms with Gasteiger partial charge in [0.1, 0.15) is 0 Å². The normalized spacial score (nSPS) is 11.6. The highest BCUT2D eigenvalue weighted by atomic mass is 35.5. The van der Waals surface area contributed by atoms with E-state index in [1.807, 2.05) is 13.0 Å². The Morgan fingerprint density at radius 1 is 1.36 bits per heavy atom. The van der Waals surface area contributed by atoms with Gasteiger partial charge in [-0.3, -0.25) is 0 Å². The maximum atomic E-state index is 11.3. The summed E-state index contributed by atoms with van der Waals surface area (Å²) in [6.07, 6.45) is 0. The lowest BCUT2D eigenvalue weighted by atomic mass is 10.2. The first-order valence-corrected chi connectivity index (χ1v) is 6.60. The van der Waals surface area contributed by atoms with E-state index in [9.17, 15) is 8.42 Å². The summed E-state index contributed by atoms with van der Waals surface area (Å²) in [5, 5.41) is 0.619. The first kappa shape index (κ1) is 11.5. The molecular weight excluding hydrogens is 220 g/mol. The number of hydrogen-bond donors (Lipinski definition) is 0. The van der Waals surface area contributed by atoms with Crippen molar-refractivity contribution in [3.63, 3.8) is 0 Å². The average molecular weight is 233 g/mol. The Kier molecular flexibility index (Phi) is 3.56. The largest absolute Gasteiger partial charge is 0.229 e. The molecule has 78 valence electrons. The topological polar surface area (TPSA) is 34.1 Å². The minimum atomic E-state index is -2.96. The van der Waals surface area contributed by atoms with Crippen molar-refractivity contribution < 1.29 is 8.42 Å². The number of halogens is 1. The molecule has 0 fully saturated rings. The third-order valence-electron chi connectivity index (χ3n) is 2.06. The maximum absolute atomic E-state index is 11.3. The highest BCUT2D eigenvalue weighted by molar-refractivity contribution is 7.90. The van der Waals surface area contributed by atoms with E-state index in [1.165, 1.54) is 0 Å². The molecule has 0 saturated carbocycles. The number of hydrogen-bond acceptors (Lipinski definition) is 2. The molecule has 0 aromatic heterocycles. The number of rotatable bonds is 3. The van der Waals surface area contributed by atoms with Gasteiger partial charge in [0, 0.05) is 10.8 Å². The van der Waals surface area contributed by atoms with Gasteiger partial charge in [-0.05, 0) is 24.1 Å². The van der Waals surface area contributed by atoms with Crippen LogP contribution in [-0.4, -0.2) is 14.2 Å². The monoisotopic (exact) mass is 232 g/mol. The molecule has 1 aromatic carbocycles. The standard InChI is InChI=1S/C10H13ClO2S/c1-3-14(12,13)7-9-5-4-8(2)10(11)6-9/h4-6H,3,7H2,1-2H3. The number of aryl methyl sites for hydroxylation is 1. The molecule has 0 heterocycles. The van der Waals surface area contributed by atoms with Crippen molar-refractivity contribution >= 4 is 21.4 Å². The Bertz CT molecular complexity index is 424. The van der Waals surface area contributed by atoms with E-state index in [0.717, 1.165) is 11.1 Å². The summed E-state index contributed by atoms with van der Waals surface area (Å²) >= 11 is 5.89. The van der Waals surface area contributed by atoms with Gasteiger partial charge >= 0.3 is 0 Å². The predicted molar refractivity (Wildman–Crippen MR) is 59.4 cm³/mol. The summed E-state index contributed by atoms with van der Waals surface area (Å²) in [5.41, 5.74) is 1.71. The van der Waals surface area contributed by atoms with E-state index < -0.39 is 9.84 Å². The summed E-state index contributed by atoms with van der Waals surface area (Å²) in [5.74, 6) is 0.238. The molecule has 0 atom stereocenters. The average Bonchev–Trinajstić information content (AvgIpc) is 2.11. The first-order chi connectivity index (χ1) is 6.44. The molecule has 0 aliphatic rings. The van der Waals surface area contributed by atoms with E-state index in [4.69, 9.17) is 11.6 Å². The molecule has 2 nitrogen and oxygen atoms in total. The van der Waals surface area contributed by atoms with Crippen molar-refractivity contribution in [1.29, 1.82) is 0 Å². The molecule has 0 N–H and O–H groups in total. The van der Waals surface area contributed by atoms with Gasteiger partial charge < -0.3 is 0 Å². The second-order valence-corrected chi connectivity index (χ2v) is 6.02. The summed E-state index contributed by atoms with van der Waals surface area (Å²) < 4.78 is 22.6. The Labute approximate surface area is 89.8 Å². The van der Waals surface area contributed by atoms with E-state index >= 15 is 0 Å². The Balaban J connectivity index is 2.94. The predicted octanol–water partition coefficient (Wildman–Crippen LogP) is 2.58. The Morgan fingerprint density at radius 3 is 2.50 bits per heavy atom. The fourth-order valence-corrected chi connectivity index (χ4v) is 2.18. The Morgan fingerprint density at radius 2 is 2.00 bits per heavy atom. The van der Waals surface area contributed by atoms with Gasteiger partial charge in [0.05, 0.1) is 5.75 Å². The highest BCUT2D eigenvalue weighted by Gasteiger charge is 2.09. The van der Waals surface area contributed by atoms with Crippen molar-refractivity contribution in [3.8, 4) is 0 Å². The summed E-state index contributed by atoms with van der Waals surface area (Å²) in [7, 11) is -2.96. The fourth-order valence-electron chi connectivity index (χ4n) is 1.08. The van der Waals surface area contributed by atoms with Crippen LogP contribution < -0.4 is 0 Å². The zero-order chi connectivity index (χ0) is 10.8. The summed E-state index contributed by atoms with van der Waals surface area (Å²) in [6.45, 7) is 3.53. The molecule has 0 unspecified atom stereocenters. The van der Waals surface area contributed by atoms with Crippen LogP contribution in [0.15, 0.2) is 18.2 Å². The molecule has 0 spiro atoms. The van der Waals surface area contributed by atoms with Gasteiger partial charge in [0.15, 0.2) is 9.84 Å². The van der Waals surface area contributed by atoms with E-state index in [-0.39, 0.29) is 11.5 Å². The molecule has 1 aromatic rings. The molecule has 0 amide bonds. The zero-order valence-electron chi connectivity index (χ0n) is 8.25. The molecule has 0 aliphatic heterocycles. The molecule has 1 rings (SSSR count). The lowest BCUT2D eigenvalue weighted by molar-refractivity contribution is 0.596. The third kappa shape index (κ3) is 3.00. The fraction of sp³-hybridized carbons (Fsp3) is 0.400. The second kappa shape index (κ2) is 4.32. The zero-order valence-corrected chi connectivity index (χ0v) is 9.82. The number of sulfone groups is 1. The maximum Gasteiger partial charge on any atom is 0.154 e. The van der Waals surface area contributed by atoms with Crippen LogP contribution in [0.4, 0.5) is 0 Å². The molecular formula is C10H13ClO2S. The van der Waals surface area contributed by atoms with Gasteiger partial charge in [-0.15, -0.1) is 0 Å². The van der Waals surface area contributed by atoms with Crippen LogP contribution in [-0.2, 0) is 15.6 Å². The highest BCUT2D eigenvalue weighted by Crippen LogP contribution is 2.18. The van der Waals surface area contributed by atoms with E-state index in [2.05, 4.69) is 0 Å². The van der Waals surface area contributed by atoms with E-state index in [0.29, 0.717) is 5.02 Å². The van der Waals surface area contributed by atoms with Crippen LogP contribution in [0, 0.1) is 6.92 Å². The van der Waals surface area contributed by atoms with Crippen LogP contribution in [0.2, 0.25) is 5.02 Å². The smallest absolute Gasteiger partial charge is 0.154 e. The number of benzene rings is 1. The lowest BCUT2D eigenvalue weighted by Gasteiger charge is -2.03. The second-order valence-electron chi connectivity index (χ2n) is 3.26. The molecule has 14 heavy (non-hydrogen) atoms. The molecule has 0 saturated heterocycles. The van der Waals surface area contributed by atoms with Crippen LogP contribution in [0.3, 0.4) is 0 Å². The van der Waals surface area contributed by atoms with Crippen molar-refractivity contribution in [3.05, 3.63) is 34.3 Å². The first-order valence-electron chi connectivity index (χ1n) is 4.40. The van der Waals surface area contributed by atoms with Crippen molar-refractivity contribution in [1.82, 2.24) is 0 Å². The summed E-state index contributed by atoms with van der Waals surface area (Å²) in [4.78, 5) is 0. The summed E-state index contributed by atoms with van der Waals surface area (Å²) in [6, 6.07) is 5.35. The van der Waals surface area contributed by atoms with Gasteiger partial charge in [0.2, 0.25) is 0 Å². The van der Waals surface area contributed by atoms with Crippen molar-refractivity contribution in [2.75, 3.05) is 5.75 Å². The minimum absolute atomic E-state index is 0.0729. The van der Waals surface area contributed by atoms with Gasteiger partial charge in [-0.25, -0.2) is 8.42 Å². The quantitative estimate of drug-likeness (QED) is 0.803.